The zero-order valence-corrected chi connectivity index (χ0v) is 23.2. The summed E-state index contributed by atoms with van der Waals surface area (Å²) in [6.45, 7) is 5.49. The van der Waals surface area contributed by atoms with Crippen molar-refractivity contribution in [1.29, 1.82) is 0 Å². The monoisotopic (exact) mass is 561 g/mol. The summed E-state index contributed by atoms with van der Waals surface area (Å²) in [6.07, 6.45) is 5.97. The SMILES string of the molecule is Cn1cc(Nc2nccc(-c3ccc4c(c3)CN(C3COC3)CCC4NC(=O)c3nnc(C(C)(C)CF)o3)n2)cn1. The first-order valence-electron chi connectivity index (χ1n) is 13.5. The fourth-order valence-corrected chi connectivity index (χ4v) is 4.95. The lowest BCUT2D eigenvalue weighted by Gasteiger charge is -2.36. The molecule has 13 heteroatoms. The molecule has 6 rings (SSSR count). The number of halogens is 1. The van der Waals surface area contributed by atoms with Gasteiger partial charge in [0.15, 0.2) is 0 Å². The Hall–Kier alpha value is -4.23. The van der Waals surface area contributed by atoms with E-state index in [-0.39, 0.29) is 17.8 Å². The molecule has 2 N–H and O–H groups in total. The number of benzene rings is 1. The van der Waals surface area contributed by atoms with Gasteiger partial charge in [-0.1, -0.05) is 12.1 Å². The first-order chi connectivity index (χ1) is 19.8. The lowest BCUT2D eigenvalue weighted by molar-refractivity contribution is -0.0678. The molecule has 5 heterocycles. The zero-order chi connectivity index (χ0) is 28.6. The molecule has 0 bridgehead atoms. The van der Waals surface area contributed by atoms with E-state index in [4.69, 9.17) is 14.1 Å². The number of carbonyl (C=O) groups excluding carboxylic acids is 1. The molecule has 1 atom stereocenters. The molecule has 214 valence electrons. The van der Waals surface area contributed by atoms with Crippen LogP contribution in [0.25, 0.3) is 11.3 Å². The van der Waals surface area contributed by atoms with Crippen molar-refractivity contribution in [2.75, 3.05) is 31.7 Å². The fraction of sp³-hybridized carbons (Fsp3) is 0.429. The Morgan fingerprint density at radius 2 is 2.07 bits per heavy atom. The summed E-state index contributed by atoms with van der Waals surface area (Å²) in [5, 5.41) is 18.2. The summed E-state index contributed by atoms with van der Waals surface area (Å²) < 4.78 is 26.1. The third-order valence-electron chi connectivity index (χ3n) is 7.48. The van der Waals surface area contributed by atoms with Gasteiger partial charge in [-0.05, 0) is 43.5 Å². The minimum Gasteiger partial charge on any atom is -0.416 e. The molecule has 41 heavy (non-hydrogen) atoms. The minimum absolute atomic E-state index is 0.0921. The summed E-state index contributed by atoms with van der Waals surface area (Å²) in [6, 6.07) is 8.09. The molecule has 4 aromatic rings. The maximum absolute atomic E-state index is 13.4. The third kappa shape index (κ3) is 5.68. The molecule has 1 aromatic carbocycles. The van der Waals surface area contributed by atoms with Gasteiger partial charge in [-0.3, -0.25) is 14.4 Å². The number of nitrogens with zero attached hydrogens (tertiary/aromatic N) is 7. The summed E-state index contributed by atoms with van der Waals surface area (Å²) in [4.78, 5) is 24.6. The second-order valence-electron chi connectivity index (χ2n) is 11.1. The smallest absolute Gasteiger partial charge is 0.309 e. The quantitative estimate of drug-likeness (QED) is 0.330. The van der Waals surface area contributed by atoms with E-state index in [0.717, 1.165) is 34.6 Å². The molecule has 0 aliphatic carbocycles. The molecule has 0 spiro atoms. The number of hydrogen-bond donors (Lipinski definition) is 2. The van der Waals surface area contributed by atoms with Gasteiger partial charge >= 0.3 is 11.8 Å². The number of aryl methyl sites for hydroxylation is 1. The maximum Gasteiger partial charge on any atom is 0.309 e. The van der Waals surface area contributed by atoms with Gasteiger partial charge in [-0.15, -0.1) is 10.2 Å². The van der Waals surface area contributed by atoms with Crippen LogP contribution in [0.5, 0.6) is 0 Å². The molecule has 1 amide bonds. The lowest BCUT2D eigenvalue weighted by Crippen LogP contribution is -2.48. The van der Waals surface area contributed by atoms with Crippen molar-refractivity contribution in [3.05, 3.63) is 65.8 Å². The first kappa shape index (κ1) is 27.0. The predicted molar refractivity (Wildman–Crippen MR) is 147 cm³/mol. The number of hydrogen-bond acceptors (Lipinski definition) is 10. The van der Waals surface area contributed by atoms with Crippen LogP contribution in [-0.2, 0) is 23.7 Å². The van der Waals surface area contributed by atoms with Gasteiger partial charge in [0.05, 0.1) is 48.3 Å². The molecule has 1 saturated heterocycles. The molecular weight excluding hydrogens is 529 g/mol. The number of carbonyl (C=O) groups is 1. The third-order valence-corrected chi connectivity index (χ3v) is 7.48. The largest absolute Gasteiger partial charge is 0.416 e. The van der Waals surface area contributed by atoms with Crippen molar-refractivity contribution in [2.45, 2.75) is 44.3 Å². The maximum atomic E-state index is 13.4. The summed E-state index contributed by atoms with van der Waals surface area (Å²) in [5.41, 5.74) is 3.64. The zero-order valence-electron chi connectivity index (χ0n) is 23.2. The number of aromatic nitrogens is 6. The van der Waals surface area contributed by atoms with Crippen LogP contribution in [0.2, 0.25) is 0 Å². The van der Waals surface area contributed by atoms with E-state index in [1.54, 1.807) is 30.9 Å². The highest BCUT2D eigenvalue weighted by Crippen LogP contribution is 2.33. The highest BCUT2D eigenvalue weighted by Gasteiger charge is 2.33. The van der Waals surface area contributed by atoms with Gasteiger partial charge in [0.1, 0.15) is 6.67 Å². The standard InChI is InChI=1S/C28H32FN9O3/c1-28(2,16-29)26-36-35-25(41-26)24(39)33-23-7-9-38(20-14-40-15-20)12-18-10-17(4-5-21(18)23)22-6-8-30-27(34-22)32-19-11-31-37(3)13-19/h4-6,8,10-11,13,20,23H,7,9,12,14-16H2,1-3H3,(H,33,39)(H,30,32,34). The number of rotatable bonds is 8. The van der Waals surface area contributed by atoms with Crippen LogP contribution in [0, 0.1) is 0 Å². The molecular formula is C28H32FN9O3. The van der Waals surface area contributed by atoms with Gasteiger partial charge < -0.3 is 19.8 Å². The van der Waals surface area contributed by atoms with Gasteiger partial charge in [0, 0.05) is 38.1 Å². The Morgan fingerprint density at radius 1 is 1.22 bits per heavy atom. The fourth-order valence-electron chi connectivity index (χ4n) is 4.95. The van der Waals surface area contributed by atoms with Crippen LogP contribution in [0.4, 0.5) is 16.0 Å². The van der Waals surface area contributed by atoms with Gasteiger partial charge in [-0.2, -0.15) is 5.10 Å². The highest BCUT2D eigenvalue weighted by atomic mass is 19.1. The summed E-state index contributed by atoms with van der Waals surface area (Å²) in [5.74, 6) is -0.100. The number of anilines is 2. The predicted octanol–water partition coefficient (Wildman–Crippen LogP) is 3.33. The molecule has 12 nitrogen and oxygen atoms in total. The van der Waals surface area contributed by atoms with Crippen molar-refractivity contribution in [3.63, 3.8) is 0 Å². The molecule has 3 aromatic heterocycles. The average Bonchev–Trinajstić information content (AvgIpc) is 3.56. The van der Waals surface area contributed by atoms with Gasteiger partial charge in [-0.25, -0.2) is 14.4 Å². The van der Waals surface area contributed by atoms with E-state index < -0.39 is 18.0 Å². The van der Waals surface area contributed by atoms with E-state index >= 15 is 0 Å². The Morgan fingerprint density at radius 3 is 2.80 bits per heavy atom. The van der Waals surface area contributed by atoms with Crippen LogP contribution in [-0.4, -0.2) is 73.2 Å². The van der Waals surface area contributed by atoms with Crippen molar-refractivity contribution in [1.82, 2.24) is 40.2 Å². The Labute approximate surface area is 236 Å². The second kappa shape index (κ2) is 11.0. The first-order valence-corrected chi connectivity index (χ1v) is 13.5. The Kier molecular flexibility index (Phi) is 7.22. The van der Waals surface area contributed by atoms with Crippen LogP contribution < -0.4 is 10.6 Å². The summed E-state index contributed by atoms with van der Waals surface area (Å²) in [7, 11) is 1.85. The van der Waals surface area contributed by atoms with Crippen molar-refractivity contribution in [3.8, 4) is 11.3 Å². The molecule has 2 aliphatic rings. The number of ether oxygens (including phenoxy) is 1. The number of fused-ring (bicyclic) bond motifs is 1. The second-order valence-corrected chi connectivity index (χ2v) is 11.1. The van der Waals surface area contributed by atoms with Gasteiger partial charge in [0.2, 0.25) is 11.8 Å². The molecule has 2 aliphatic heterocycles. The van der Waals surface area contributed by atoms with Gasteiger partial charge in [0.25, 0.3) is 0 Å². The van der Waals surface area contributed by atoms with Crippen LogP contribution in [0.1, 0.15) is 54.0 Å². The van der Waals surface area contributed by atoms with Crippen molar-refractivity contribution >= 4 is 17.5 Å². The van der Waals surface area contributed by atoms with Crippen molar-refractivity contribution in [2.24, 2.45) is 7.05 Å². The number of alkyl halides is 1. The topological polar surface area (TPSA) is 136 Å². The minimum atomic E-state index is -0.962. The van der Waals surface area contributed by atoms with E-state index in [9.17, 15) is 9.18 Å². The van der Waals surface area contributed by atoms with Crippen LogP contribution in [0.3, 0.4) is 0 Å². The molecule has 1 fully saturated rings. The Balaban J connectivity index is 1.27. The lowest BCUT2D eigenvalue weighted by atomic mass is 9.96. The normalized spacial score (nSPS) is 17.9. The van der Waals surface area contributed by atoms with E-state index in [1.807, 2.05) is 31.4 Å². The molecule has 1 unspecified atom stereocenters. The van der Waals surface area contributed by atoms with Crippen molar-refractivity contribution < 1.29 is 18.3 Å². The summed E-state index contributed by atoms with van der Waals surface area (Å²) >= 11 is 0. The average molecular weight is 562 g/mol. The van der Waals surface area contributed by atoms with Crippen LogP contribution in [0.15, 0.2) is 47.3 Å². The van der Waals surface area contributed by atoms with E-state index in [2.05, 4.69) is 41.9 Å². The molecule has 0 radical (unpaired) electrons. The highest BCUT2D eigenvalue weighted by molar-refractivity contribution is 5.89. The Bertz CT molecular complexity index is 1550. The van der Waals surface area contributed by atoms with E-state index in [1.165, 1.54) is 0 Å². The molecule has 0 saturated carbocycles. The van der Waals surface area contributed by atoms with Crippen LogP contribution >= 0.6 is 0 Å². The number of amides is 1. The van der Waals surface area contributed by atoms with E-state index in [0.29, 0.717) is 38.2 Å². The number of nitrogens with one attached hydrogen (secondary N) is 2.